The molecule has 0 aromatic heterocycles. The summed E-state index contributed by atoms with van der Waals surface area (Å²) in [5, 5.41) is 52.9. The second-order valence-corrected chi connectivity index (χ2v) is 3.42. The minimum Gasteiger partial charge on any atom is -0.396 e. The summed E-state index contributed by atoms with van der Waals surface area (Å²) < 4.78 is 0. The van der Waals surface area contributed by atoms with Gasteiger partial charge in [0.25, 0.3) is 0 Å². The van der Waals surface area contributed by atoms with Crippen molar-refractivity contribution >= 4 is 0 Å². The standard InChI is InChI=1S/C8H18O6/c9-3-1-2-8(14,4-6(10)11)5-7(12)13/h6-7,9-14H,1-5H2. The Bertz CT molecular complexity index is 137. The average Bonchev–Trinajstić information content (AvgIpc) is 1.97. The first-order valence-electron chi connectivity index (χ1n) is 4.45. The molecular formula is C8H18O6. The molecule has 0 radical (unpaired) electrons. The van der Waals surface area contributed by atoms with Gasteiger partial charge in [-0.15, -0.1) is 0 Å². The monoisotopic (exact) mass is 210 g/mol. The van der Waals surface area contributed by atoms with E-state index in [1.165, 1.54) is 0 Å². The Morgan fingerprint density at radius 3 is 1.64 bits per heavy atom. The molecule has 6 nitrogen and oxygen atoms in total. The third-order valence-electron chi connectivity index (χ3n) is 1.93. The van der Waals surface area contributed by atoms with E-state index in [1.54, 1.807) is 0 Å². The van der Waals surface area contributed by atoms with E-state index in [4.69, 9.17) is 25.5 Å². The molecule has 0 heterocycles. The van der Waals surface area contributed by atoms with Gasteiger partial charge in [-0.05, 0) is 12.8 Å². The van der Waals surface area contributed by atoms with Crippen LogP contribution in [0.25, 0.3) is 0 Å². The van der Waals surface area contributed by atoms with Gasteiger partial charge in [-0.1, -0.05) is 0 Å². The largest absolute Gasteiger partial charge is 0.396 e. The molecule has 0 saturated heterocycles. The zero-order valence-corrected chi connectivity index (χ0v) is 7.87. The van der Waals surface area contributed by atoms with Crippen LogP contribution >= 0.6 is 0 Å². The maximum absolute atomic E-state index is 9.73. The Morgan fingerprint density at radius 2 is 1.36 bits per heavy atom. The maximum Gasteiger partial charge on any atom is 0.154 e. The van der Waals surface area contributed by atoms with Crippen LogP contribution in [0.1, 0.15) is 25.7 Å². The summed E-state index contributed by atoms with van der Waals surface area (Å²) in [5.41, 5.74) is -1.56. The fraction of sp³-hybridized carbons (Fsp3) is 1.00. The summed E-state index contributed by atoms with van der Waals surface area (Å²) in [7, 11) is 0. The molecule has 6 heteroatoms. The number of aliphatic hydroxyl groups excluding tert-OH is 3. The van der Waals surface area contributed by atoms with Gasteiger partial charge in [0.05, 0.1) is 5.60 Å². The molecule has 14 heavy (non-hydrogen) atoms. The third-order valence-corrected chi connectivity index (χ3v) is 1.93. The summed E-state index contributed by atoms with van der Waals surface area (Å²) in [6.07, 6.45) is -3.82. The molecule has 0 bridgehead atoms. The van der Waals surface area contributed by atoms with Crippen LogP contribution in [0.4, 0.5) is 0 Å². The van der Waals surface area contributed by atoms with Crippen molar-refractivity contribution in [1.82, 2.24) is 0 Å². The van der Waals surface area contributed by atoms with Crippen LogP contribution in [0, 0.1) is 0 Å². The first-order valence-corrected chi connectivity index (χ1v) is 4.45. The summed E-state index contributed by atoms with van der Waals surface area (Å²) in [6, 6.07) is 0. The van der Waals surface area contributed by atoms with E-state index in [-0.39, 0.29) is 32.3 Å². The van der Waals surface area contributed by atoms with Crippen LogP contribution in [-0.2, 0) is 0 Å². The van der Waals surface area contributed by atoms with E-state index in [0.29, 0.717) is 0 Å². The number of rotatable bonds is 7. The Balaban J connectivity index is 4.17. The first-order chi connectivity index (χ1) is 6.39. The Labute approximate surface area is 82.1 Å². The van der Waals surface area contributed by atoms with Gasteiger partial charge < -0.3 is 30.6 Å². The zero-order chi connectivity index (χ0) is 11.2. The van der Waals surface area contributed by atoms with Crippen LogP contribution in [-0.4, -0.2) is 55.4 Å². The lowest BCUT2D eigenvalue weighted by atomic mass is 9.90. The molecule has 0 atom stereocenters. The van der Waals surface area contributed by atoms with Crippen molar-refractivity contribution in [2.75, 3.05) is 6.61 Å². The van der Waals surface area contributed by atoms with Crippen molar-refractivity contribution in [1.29, 1.82) is 0 Å². The molecule has 0 aliphatic rings. The molecule has 0 saturated carbocycles. The van der Waals surface area contributed by atoms with Crippen molar-refractivity contribution in [3.05, 3.63) is 0 Å². The van der Waals surface area contributed by atoms with Crippen LogP contribution in [0.2, 0.25) is 0 Å². The van der Waals surface area contributed by atoms with E-state index in [9.17, 15) is 5.11 Å². The molecular weight excluding hydrogens is 192 g/mol. The van der Waals surface area contributed by atoms with Gasteiger partial charge in [0.15, 0.2) is 12.6 Å². The minimum absolute atomic E-state index is 0.0821. The second kappa shape index (κ2) is 6.28. The van der Waals surface area contributed by atoms with Crippen LogP contribution < -0.4 is 0 Å². The van der Waals surface area contributed by atoms with E-state index < -0.39 is 18.2 Å². The molecule has 0 aliphatic carbocycles. The van der Waals surface area contributed by atoms with E-state index in [0.717, 1.165) is 0 Å². The van der Waals surface area contributed by atoms with Crippen LogP contribution in [0.5, 0.6) is 0 Å². The van der Waals surface area contributed by atoms with Crippen LogP contribution in [0.15, 0.2) is 0 Å². The van der Waals surface area contributed by atoms with Gasteiger partial charge in [-0.25, -0.2) is 0 Å². The van der Waals surface area contributed by atoms with E-state index in [2.05, 4.69) is 0 Å². The number of hydrogen-bond donors (Lipinski definition) is 6. The van der Waals surface area contributed by atoms with Gasteiger partial charge in [0.2, 0.25) is 0 Å². The van der Waals surface area contributed by atoms with Gasteiger partial charge in [0.1, 0.15) is 0 Å². The predicted molar refractivity (Wildman–Crippen MR) is 47.0 cm³/mol. The van der Waals surface area contributed by atoms with Crippen molar-refractivity contribution in [2.45, 2.75) is 43.9 Å². The molecule has 0 spiro atoms. The number of aliphatic hydroxyl groups is 6. The van der Waals surface area contributed by atoms with Gasteiger partial charge in [-0.3, -0.25) is 0 Å². The van der Waals surface area contributed by atoms with Gasteiger partial charge in [0, 0.05) is 19.4 Å². The lowest BCUT2D eigenvalue weighted by Gasteiger charge is -2.29. The maximum atomic E-state index is 9.73. The minimum atomic E-state index is -1.71. The molecule has 0 aliphatic heterocycles. The first kappa shape index (κ1) is 13.8. The molecule has 0 aromatic carbocycles. The van der Waals surface area contributed by atoms with Crippen molar-refractivity contribution in [2.24, 2.45) is 0 Å². The highest BCUT2D eigenvalue weighted by molar-refractivity contribution is 4.79. The summed E-state index contributed by atoms with van der Waals surface area (Å²) in [5.74, 6) is 0. The van der Waals surface area contributed by atoms with Gasteiger partial charge >= 0.3 is 0 Å². The van der Waals surface area contributed by atoms with Gasteiger partial charge in [-0.2, -0.15) is 0 Å². The summed E-state index contributed by atoms with van der Waals surface area (Å²) in [4.78, 5) is 0. The molecule has 0 amide bonds. The molecule has 6 N–H and O–H groups in total. The van der Waals surface area contributed by atoms with E-state index in [1.807, 2.05) is 0 Å². The Hall–Kier alpha value is -0.240. The van der Waals surface area contributed by atoms with Crippen molar-refractivity contribution in [3.63, 3.8) is 0 Å². The fourth-order valence-electron chi connectivity index (χ4n) is 1.38. The molecule has 0 rings (SSSR count). The quantitative estimate of drug-likeness (QED) is 0.267. The van der Waals surface area contributed by atoms with E-state index >= 15 is 0 Å². The number of hydrogen-bond acceptors (Lipinski definition) is 6. The molecule has 0 unspecified atom stereocenters. The lowest BCUT2D eigenvalue weighted by molar-refractivity contribution is -0.146. The highest BCUT2D eigenvalue weighted by Gasteiger charge is 2.31. The smallest absolute Gasteiger partial charge is 0.154 e. The Morgan fingerprint density at radius 1 is 0.929 bits per heavy atom. The lowest BCUT2D eigenvalue weighted by Crippen LogP contribution is -2.37. The normalized spacial score (nSPS) is 12.9. The summed E-state index contributed by atoms with van der Waals surface area (Å²) >= 11 is 0. The molecule has 86 valence electrons. The van der Waals surface area contributed by atoms with Crippen LogP contribution in [0.3, 0.4) is 0 Å². The molecule has 0 fully saturated rings. The topological polar surface area (TPSA) is 121 Å². The third kappa shape index (κ3) is 6.25. The Kier molecular flexibility index (Phi) is 6.17. The summed E-state index contributed by atoms with van der Waals surface area (Å²) in [6.45, 7) is -0.147. The SMILES string of the molecule is OCCCC(O)(CC(O)O)CC(O)O. The fourth-order valence-corrected chi connectivity index (χ4v) is 1.38. The average molecular weight is 210 g/mol. The van der Waals surface area contributed by atoms with Crippen molar-refractivity contribution in [3.8, 4) is 0 Å². The van der Waals surface area contributed by atoms with Crippen molar-refractivity contribution < 1.29 is 30.6 Å². The second-order valence-electron chi connectivity index (χ2n) is 3.42. The highest BCUT2D eigenvalue weighted by Crippen LogP contribution is 2.24. The molecule has 0 aromatic rings. The predicted octanol–water partition coefficient (Wildman–Crippen LogP) is -2.11. The highest BCUT2D eigenvalue weighted by atomic mass is 16.5. The zero-order valence-electron chi connectivity index (χ0n) is 7.87.